The number of rotatable bonds is 19. The first-order valence-electron chi connectivity index (χ1n) is 10.4. The quantitative estimate of drug-likeness (QED) is 0.196. The summed E-state index contributed by atoms with van der Waals surface area (Å²) in [5, 5.41) is 29.1. The lowest BCUT2D eigenvalue weighted by Crippen LogP contribution is -2.59. The molecular formula is C21H37NO6. The van der Waals surface area contributed by atoms with Crippen LogP contribution in [0.15, 0.2) is 12.2 Å². The maximum atomic E-state index is 11.1. The molecule has 0 bridgehead atoms. The van der Waals surface area contributed by atoms with Crippen LogP contribution in [0.5, 0.6) is 0 Å². The molecule has 7 nitrogen and oxygen atoms in total. The van der Waals surface area contributed by atoms with Crippen molar-refractivity contribution in [3.05, 3.63) is 12.2 Å². The molecule has 0 aliphatic heterocycles. The maximum Gasteiger partial charge on any atom is 0.359 e. The molecule has 0 heterocycles. The van der Waals surface area contributed by atoms with Crippen molar-refractivity contribution in [2.24, 2.45) is 0 Å². The van der Waals surface area contributed by atoms with Crippen molar-refractivity contribution >= 4 is 17.9 Å². The van der Waals surface area contributed by atoms with E-state index in [-0.39, 0.29) is 6.54 Å². The minimum atomic E-state index is -1.43. The topological polar surface area (TPSA) is 115 Å². The normalized spacial score (nSPS) is 11.8. The second kappa shape index (κ2) is 16.1. The van der Waals surface area contributed by atoms with Gasteiger partial charge in [0.25, 0.3) is 0 Å². The Bertz CT molecular complexity index is 448. The minimum absolute atomic E-state index is 0.193. The van der Waals surface area contributed by atoms with Gasteiger partial charge in [-0.05, 0) is 32.1 Å². The van der Waals surface area contributed by atoms with Crippen LogP contribution in [-0.4, -0.2) is 58.8 Å². The van der Waals surface area contributed by atoms with Crippen molar-refractivity contribution in [2.75, 3.05) is 26.2 Å². The average Bonchev–Trinajstić information content (AvgIpc) is 2.57. The molecule has 0 fully saturated rings. The zero-order chi connectivity index (χ0) is 21.3. The zero-order valence-corrected chi connectivity index (χ0v) is 17.2. The standard InChI is InChI=1S/C21H37NO6/c1-2-3-4-5-6-7-8-9-10-11-12-13-14-15-22(16-19(23)24,17-20(25)26)18-21(27)28/h10-11H,2-9,12-18H2,1H3,(H2-,23,24,25,26,27,28)/b11-10+. The molecule has 28 heavy (non-hydrogen) atoms. The van der Waals surface area contributed by atoms with Gasteiger partial charge < -0.3 is 24.6 Å². The maximum absolute atomic E-state index is 11.1. The molecule has 7 heteroatoms. The van der Waals surface area contributed by atoms with Crippen molar-refractivity contribution in [1.29, 1.82) is 0 Å². The van der Waals surface area contributed by atoms with Crippen LogP contribution in [0, 0.1) is 0 Å². The van der Waals surface area contributed by atoms with Gasteiger partial charge in [0.05, 0.1) is 12.5 Å². The van der Waals surface area contributed by atoms with Gasteiger partial charge in [-0.25, -0.2) is 9.59 Å². The van der Waals surface area contributed by atoms with E-state index in [0.717, 1.165) is 19.3 Å². The van der Waals surface area contributed by atoms with Gasteiger partial charge >= 0.3 is 11.9 Å². The number of carboxylic acid groups (broad SMARTS) is 3. The molecule has 0 radical (unpaired) electrons. The van der Waals surface area contributed by atoms with Crippen LogP contribution in [0.25, 0.3) is 0 Å². The summed E-state index contributed by atoms with van der Waals surface area (Å²) in [7, 11) is 0. The largest absolute Gasteiger partial charge is 0.544 e. The number of nitrogens with zero attached hydrogens (tertiary/aromatic N) is 1. The van der Waals surface area contributed by atoms with E-state index < -0.39 is 42.0 Å². The molecule has 0 rings (SSSR count). The Kier molecular flexibility index (Phi) is 15.0. The lowest BCUT2D eigenvalue weighted by molar-refractivity contribution is -0.909. The third-order valence-electron chi connectivity index (χ3n) is 4.80. The first-order chi connectivity index (χ1) is 13.3. The second-order valence-corrected chi connectivity index (χ2v) is 7.58. The minimum Gasteiger partial charge on any atom is -0.544 e. The molecule has 0 saturated heterocycles. The lowest BCUT2D eigenvalue weighted by atomic mass is 10.1. The molecule has 0 atom stereocenters. The Morgan fingerprint density at radius 1 is 0.750 bits per heavy atom. The van der Waals surface area contributed by atoms with Crippen molar-refractivity contribution in [3.8, 4) is 0 Å². The third kappa shape index (κ3) is 15.2. The number of unbranched alkanes of at least 4 members (excludes halogenated alkanes) is 9. The average molecular weight is 400 g/mol. The summed E-state index contributed by atoms with van der Waals surface area (Å²) >= 11 is 0. The SMILES string of the molecule is CCCCCCCCC/C=C/CCCC[N+](CC(=O)[O-])(CC(=O)O)CC(=O)O. The Hall–Kier alpha value is -1.89. The fourth-order valence-electron chi connectivity index (χ4n) is 3.42. The lowest BCUT2D eigenvalue weighted by Gasteiger charge is -2.36. The number of allylic oxidation sites excluding steroid dienone is 2. The van der Waals surface area contributed by atoms with E-state index in [1.165, 1.54) is 44.9 Å². The van der Waals surface area contributed by atoms with Crippen LogP contribution in [0.3, 0.4) is 0 Å². The number of carboxylic acids is 3. The van der Waals surface area contributed by atoms with Crippen LogP contribution in [0.4, 0.5) is 0 Å². The Balaban J connectivity index is 4.13. The summed E-state index contributed by atoms with van der Waals surface area (Å²) < 4.78 is -0.519. The number of carbonyl (C=O) groups is 3. The highest BCUT2D eigenvalue weighted by Gasteiger charge is 2.33. The van der Waals surface area contributed by atoms with E-state index in [0.29, 0.717) is 6.42 Å². The smallest absolute Gasteiger partial charge is 0.359 e. The second-order valence-electron chi connectivity index (χ2n) is 7.58. The molecular weight excluding hydrogens is 362 g/mol. The monoisotopic (exact) mass is 399 g/mol. The van der Waals surface area contributed by atoms with E-state index in [1.54, 1.807) is 0 Å². The Morgan fingerprint density at radius 2 is 1.21 bits per heavy atom. The van der Waals surface area contributed by atoms with Gasteiger partial charge in [-0.3, -0.25) is 0 Å². The summed E-state index contributed by atoms with van der Waals surface area (Å²) in [5.74, 6) is -3.86. The number of hydrogen-bond acceptors (Lipinski definition) is 4. The molecule has 162 valence electrons. The van der Waals surface area contributed by atoms with Crippen molar-refractivity contribution in [2.45, 2.75) is 77.6 Å². The highest BCUT2D eigenvalue weighted by Crippen LogP contribution is 2.12. The predicted octanol–water partition coefficient (Wildman–Crippen LogP) is 2.59. The van der Waals surface area contributed by atoms with Gasteiger partial charge in [-0.1, -0.05) is 57.6 Å². The molecule has 0 aromatic carbocycles. The highest BCUT2D eigenvalue weighted by molar-refractivity contribution is 5.72. The van der Waals surface area contributed by atoms with E-state index in [9.17, 15) is 19.5 Å². The van der Waals surface area contributed by atoms with Crippen LogP contribution >= 0.6 is 0 Å². The predicted molar refractivity (Wildman–Crippen MR) is 106 cm³/mol. The molecule has 0 amide bonds. The van der Waals surface area contributed by atoms with Crippen LogP contribution in [0.2, 0.25) is 0 Å². The third-order valence-corrected chi connectivity index (χ3v) is 4.80. The van der Waals surface area contributed by atoms with Crippen molar-refractivity contribution < 1.29 is 34.2 Å². The number of aliphatic carboxylic acids is 3. The first kappa shape index (κ1) is 26.1. The van der Waals surface area contributed by atoms with Crippen molar-refractivity contribution in [3.63, 3.8) is 0 Å². The number of carbonyl (C=O) groups excluding carboxylic acids is 1. The fourth-order valence-corrected chi connectivity index (χ4v) is 3.42. The molecule has 0 saturated carbocycles. The fraction of sp³-hybridized carbons (Fsp3) is 0.762. The summed E-state index contributed by atoms with van der Waals surface area (Å²) in [6.07, 6.45) is 16.4. The molecule has 0 aromatic heterocycles. The number of quaternary nitrogens is 1. The van der Waals surface area contributed by atoms with Crippen LogP contribution in [0.1, 0.15) is 77.6 Å². The van der Waals surface area contributed by atoms with Gasteiger partial charge in [0.1, 0.15) is 6.54 Å². The van der Waals surface area contributed by atoms with E-state index >= 15 is 0 Å². The molecule has 0 unspecified atom stereocenters. The van der Waals surface area contributed by atoms with Gasteiger partial charge in [-0.2, -0.15) is 0 Å². The highest BCUT2D eigenvalue weighted by atomic mass is 16.4. The summed E-state index contributed by atoms with van der Waals surface area (Å²) in [6, 6.07) is 0. The summed E-state index contributed by atoms with van der Waals surface area (Å²) in [6.45, 7) is 0.735. The molecule has 0 aliphatic carbocycles. The molecule has 0 aromatic rings. The Morgan fingerprint density at radius 3 is 1.68 bits per heavy atom. The van der Waals surface area contributed by atoms with E-state index in [4.69, 9.17) is 10.2 Å². The van der Waals surface area contributed by atoms with Gasteiger partial charge in [-0.15, -0.1) is 0 Å². The Labute approximate surface area is 168 Å². The summed E-state index contributed by atoms with van der Waals surface area (Å²) in [5.41, 5.74) is 0. The van der Waals surface area contributed by atoms with Crippen LogP contribution < -0.4 is 5.11 Å². The van der Waals surface area contributed by atoms with Gasteiger partial charge in [0, 0.05) is 0 Å². The summed E-state index contributed by atoms with van der Waals surface area (Å²) in [4.78, 5) is 33.1. The molecule has 0 aliphatic rings. The van der Waals surface area contributed by atoms with E-state index in [2.05, 4.69) is 19.1 Å². The van der Waals surface area contributed by atoms with Gasteiger partial charge in [0.2, 0.25) is 0 Å². The van der Waals surface area contributed by atoms with E-state index in [1.807, 2.05) is 0 Å². The molecule has 0 spiro atoms. The molecule has 2 N–H and O–H groups in total. The van der Waals surface area contributed by atoms with Gasteiger partial charge in [0.15, 0.2) is 13.1 Å². The van der Waals surface area contributed by atoms with Crippen molar-refractivity contribution in [1.82, 2.24) is 0 Å². The van der Waals surface area contributed by atoms with Crippen LogP contribution in [-0.2, 0) is 14.4 Å². The zero-order valence-electron chi connectivity index (χ0n) is 17.2. The first-order valence-corrected chi connectivity index (χ1v) is 10.4. The number of hydrogen-bond donors (Lipinski definition) is 2.